The van der Waals surface area contributed by atoms with Crippen LogP contribution in [0.5, 0.6) is 0 Å². The Morgan fingerprint density at radius 2 is 2.25 bits per heavy atom. The molecular weight excluding hydrogens is 272 g/mol. The highest BCUT2D eigenvalue weighted by atomic mass is 32.1. The monoisotopic (exact) mass is 296 g/mol. The molecule has 0 fully saturated rings. The summed E-state index contributed by atoms with van der Waals surface area (Å²) in [4.78, 5) is 17.9. The van der Waals surface area contributed by atoms with E-state index in [0.717, 1.165) is 30.1 Å². The van der Waals surface area contributed by atoms with Crippen molar-refractivity contribution < 1.29 is 9.53 Å². The van der Waals surface area contributed by atoms with Crippen LogP contribution in [0.15, 0.2) is 0 Å². The predicted molar refractivity (Wildman–Crippen MR) is 82.3 cm³/mol. The van der Waals surface area contributed by atoms with Crippen molar-refractivity contribution in [3.8, 4) is 0 Å². The van der Waals surface area contributed by atoms with E-state index in [0.29, 0.717) is 18.6 Å². The summed E-state index contributed by atoms with van der Waals surface area (Å²) in [6, 6.07) is 0.378. The number of carbonyl (C=O) groups is 1. The quantitative estimate of drug-likeness (QED) is 0.844. The van der Waals surface area contributed by atoms with Crippen LogP contribution in [0.3, 0.4) is 0 Å². The largest absolute Gasteiger partial charge is 0.465 e. The number of fused-ring (bicyclic) bond motifs is 1. The lowest BCUT2D eigenvalue weighted by atomic mass is 9.91. The fourth-order valence-electron chi connectivity index (χ4n) is 2.31. The molecule has 0 radical (unpaired) electrons. The SMILES string of the molecule is CCOC(=O)C1CCCc2sc(NC(C)C(C)C)nc21. The van der Waals surface area contributed by atoms with Crippen molar-refractivity contribution in [1.29, 1.82) is 0 Å². The highest BCUT2D eigenvalue weighted by Crippen LogP contribution is 2.37. The second kappa shape index (κ2) is 6.57. The molecule has 0 saturated heterocycles. The number of hydrogen-bond acceptors (Lipinski definition) is 5. The summed E-state index contributed by atoms with van der Waals surface area (Å²) in [6.45, 7) is 8.82. The average molecular weight is 296 g/mol. The Labute approximate surface area is 124 Å². The first-order valence-corrected chi connectivity index (χ1v) is 8.27. The van der Waals surface area contributed by atoms with Crippen molar-refractivity contribution >= 4 is 22.4 Å². The minimum atomic E-state index is -0.167. The molecular formula is C15H24N2O2S. The summed E-state index contributed by atoms with van der Waals surface area (Å²) in [7, 11) is 0. The van der Waals surface area contributed by atoms with Crippen LogP contribution in [-0.2, 0) is 16.0 Å². The number of aryl methyl sites for hydroxylation is 1. The van der Waals surface area contributed by atoms with E-state index in [1.165, 1.54) is 4.88 Å². The minimum Gasteiger partial charge on any atom is -0.465 e. The van der Waals surface area contributed by atoms with Gasteiger partial charge in [0.1, 0.15) is 5.92 Å². The number of rotatable bonds is 5. The zero-order valence-corrected chi connectivity index (χ0v) is 13.5. The third kappa shape index (κ3) is 3.32. The van der Waals surface area contributed by atoms with Crippen LogP contribution in [0.25, 0.3) is 0 Å². The van der Waals surface area contributed by atoms with Gasteiger partial charge in [-0.1, -0.05) is 13.8 Å². The lowest BCUT2D eigenvalue weighted by molar-refractivity contribution is -0.145. The fraction of sp³-hybridized carbons (Fsp3) is 0.733. The molecule has 0 spiro atoms. The zero-order valence-electron chi connectivity index (χ0n) is 12.7. The van der Waals surface area contributed by atoms with Crippen LogP contribution in [0.4, 0.5) is 5.13 Å². The van der Waals surface area contributed by atoms with E-state index in [4.69, 9.17) is 4.74 Å². The molecule has 0 saturated carbocycles. The highest BCUT2D eigenvalue weighted by Gasteiger charge is 2.31. The van der Waals surface area contributed by atoms with Crippen molar-refractivity contribution in [3.63, 3.8) is 0 Å². The van der Waals surface area contributed by atoms with Crippen LogP contribution >= 0.6 is 11.3 Å². The highest BCUT2D eigenvalue weighted by molar-refractivity contribution is 7.15. The smallest absolute Gasteiger partial charge is 0.315 e. The molecule has 4 nitrogen and oxygen atoms in total. The molecule has 2 unspecified atom stereocenters. The van der Waals surface area contributed by atoms with Gasteiger partial charge in [-0.25, -0.2) is 4.98 Å². The summed E-state index contributed by atoms with van der Waals surface area (Å²) >= 11 is 1.69. The van der Waals surface area contributed by atoms with Gasteiger partial charge >= 0.3 is 5.97 Å². The number of thiazole rings is 1. The third-order valence-electron chi connectivity index (χ3n) is 3.88. The zero-order chi connectivity index (χ0) is 14.7. The van der Waals surface area contributed by atoms with E-state index in [1.54, 1.807) is 11.3 Å². The van der Waals surface area contributed by atoms with E-state index in [9.17, 15) is 4.79 Å². The molecule has 1 aromatic rings. The number of anilines is 1. The molecule has 1 aromatic heterocycles. The molecule has 1 aliphatic rings. The van der Waals surface area contributed by atoms with E-state index in [2.05, 4.69) is 31.1 Å². The normalized spacial score (nSPS) is 19.6. The van der Waals surface area contributed by atoms with Gasteiger partial charge in [-0.05, 0) is 39.0 Å². The average Bonchev–Trinajstić information content (AvgIpc) is 2.80. The van der Waals surface area contributed by atoms with Crippen molar-refractivity contribution in [1.82, 2.24) is 4.98 Å². The first kappa shape index (κ1) is 15.3. The molecule has 20 heavy (non-hydrogen) atoms. The van der Waals surface area contributed by atoms with Crippen LogP contribution in [-0.4, -0.2) is 23.6 Å². The van der Waals surface area contributed by atoms with Crippen LogP contribution in [0.1, 0.15) is 57.0 Å². The van der Waals surface area contributed by atoms with E-state index in [1.807, 2.05) is 6.92 Å². The number of carbonyl (C=O) groups excluding carboxylic acids is 1. The van der Waals surface area contributed by atoms with Crippen molar-refractivity contribution in [2.24, 2.45) is 5.92 Å². The number of esters is 1. The van der Waals surface area contributed by atoms with Gasteiger partial charge < -0.3 is 10.1 Å². The summed E-state index contributed by atoms with van der Waals surface area (Å²) in [5.41, 5.74) is 0.943. The van der Waals surface area contributed by atoms with Gasteiger partial charge in [0.25, 0.3) is 0 Å². The predicted octanol–water partition coefficient (Wildman–Crippen LogP) is 3.58. The van der Waals surface area contributed by atoms with E-state index >= 15 is 0 Å². The number of aromatic nitrogens is 1. The van der Waals surface area contributed by atoms with Crippen LogP contribution < -0.4 is 5.32 Å². The van der Waals surface area contributed by atoms with Gasteiger partial charge in [0.2, 0.25) is 0 Å². The molecule has 112 valence electrons. The second-order valence-corrected chi connectivity index (χ2v) is 6.78. The Bertz CT molecular complexity index is 470. The van der Waals surface area contributed by atoms with Gasteiger partial charge in [-0.15, -0.1) is 11.3 Å². The van der Waals surface area contributed by atoms with E-state index < -0.39 is 0 Å². The van der Waals surface area contributed by atoms with Crippen LogP contribution in [0, 0.1) is 5.92 Å². The molecule has 2 rings (SSSR count). The number of hydrogen-bond donors (Lipinski definition) is 1. The lowest BCUT2D eigenvalue weighted by Crippen LogP contribution is -2.22. The van der Waals surface area contributed by atoms with Gasteiger partial charge in [0.15, 0.2) is 5.13 Å². The first-order valence-electron chi connectivity index (χ1n) is 7.45. The number of nitrogens with one attached hydrogen (secondary N) is 1. The van der Waals surface area contributed by atoms with Gasteiger partial charge in [-0.3, -0.25) is 4.79 Å². The Balaban J connectivity index is 2.16. The number of nitrogens with zero attached hydrogens (tertiary/aromatic N) is 1. The minimum absolute atomic E-state index is 0.123. The molecule has 0 bridgehead atoms. The Hall–Kier alpha value is -1.10. The van der Waals surface area contributed by atoms with Gasteiger partial charge in [0.05, 0.1) is 12.3 Å². The van der Waals surface area contributed by atoms with Crippen LogP contribution in [0.2, 0.25) is 0 Å². The Morgan fingerprint density at radius 1 is 1.50 bits per heavy atom. The standard InChI is InChI=1S/C15H24N2O2S/c1-5-19-14(18)11-7-6-8-12-13(11)17-15(20-12)16-10(4)9(2)3/h9-11H,5-8H2,1-4H3,(H,16,17). The third-order valence-corrected chi connectivity index (χ3v) is 4.94. The summed E-state index contributed by atoms with van der Waals surface area (Å²) in [5, 5.41) is 4.38. The molecule has 0 aromatic carbocycles. The topological polar surface area (TPSA) is 51.2 Å². The summed E-state index contributed by atoms with van der Waals surface area (Å²) in [5.74, 6) is 0.263. The van der Waals surface area contributed by atoms with Gasteiger partial charge in [-0.2, -0.15) is 0 Å². The van der Waals surface area contributed by atoms with E-state index in [-0.39, 0.29) is 11.9 Å². The molecule has 0 amide bonds. The maximum absolute atomic E-state index is 12.0. The maximum Gasteiger partial charge on any atom is 0.315 e. The van der Waals surface area contributed by atoms with Crippen molar-refractivity contribution in [2.75, 3.05) is 11.9 Å². The van der Waals surface area contributed by atoms with Crippen molar-refractivity contribution in [2.45, 2.75) is 58.9 Å². The number of ether oxygens (including phenoxy) is 1. The van der Waals surface area contributed by atoms with Crippen molar-refractivity contribution in [3.05, 3.63) is 10.6 Å². The fourth-order valence-corrected chi connectivity index (χ4v) is 3.47. The molecule has 1 heterocycles. The second-order valence-electron chi connectivity index (χ2n) is 5.70. The Morgan fingerprint density at radius 3 is 2.90 bits per heavy atom. The summed E-state index contributed by atoms with van der Waals surface area (Å²) in [6.07, 6.45) is 2.92. The molecule has 0 aliphatic heterocycles. The molecule has 2 atom stereocenters. The molecule has 5 heteroatoms. The molecule has 1 aliphatic carbocycles. The molecule has 1 N–H and O–H groups in total. The maximum atomic E-state index is 12.0. The van der Waals surface area contributed by atoms with Gasteiger partial charge in [0, 0.05) is 10.9 Å². The summed E-state index contributed by atoms with van der Waals surface area (Å²) < 4.78 is 5.17. The Kier molecular flexibility index (Phi) is 5.02. The lowest BCUT2D eigenvalue weighted by Gasteiger charge is -2.19. The first-order chi connectivity index (χ1) is 9.52.